The second-order valence-corrected chi connectivity index (χ2v) is 44.7. The predicted octanol–water partition coefficient (Wildman–Crippen LogP) is 21.1. The van der Waals surface area contributed by atoms with Crippen molar-refractivity contribution in [3.05, 3.63) is 114 Å². The van der Waals surface area contributed by atoms with E-state index in [2.05, 4.69) is 195 Å². The van der Waals surface area contributed by atoms with Crippen LogP contribution in [0.1, 0.15) is 275 Å². The molecule has 0 aromatic heterocycles. The van der Waals surface area contributed by atoms with Gasteiger partial charge in [-0.15, -0.1) is 11.8 Å². The molecule has 0 radical (unpaired) electrons. The average molecular weight is 2190 g/mol. The number of nitrogens with two attached hydrogens (primary N) is 1. The number of esters is 2. The molecule has 7 rings (SSSR count). The minimum absolute atomic E-state index is 0. The molecule has 0 heterocycles. The van der Waals surface area contributed by atoms with E-state index >= 15 is 0 Å². The first-order chi connectivity index (χ1) is 66.2. The smallest absolute Gasteiger partial charge is 0.507 e. The molecule has 0 spiro atoms. The molecule has 146 heavy (non-hydrogen) atoms. The fourth-order valence-electron chi connectivity index (χ4n) is 7.83. The van der Waals surface area contributed by atoms with Crippen LogP contribution in [-0.4, -0.2) is 295 Å². The molecule has 4 aliphatic rings. The molecule has 2 atom stereocenters. The highest BCUT2D eigenvalue weighted by Gasteiger charge is 2.38. The third-order valence-corrected chi connectivity index (χ3v) is 20.6. The van der Waals surface area contributed by atoms with Gasteiger partial charge in [-0.1, -0.05) is 193 Å². The lowest BCUT2D eigenvalue weighted by Gasteiger charge is -2.28. The monoisotopic (exact) mass is 2190 g/mol. The van der Waals surface area contributed by atoms with Gasteiger partial charge in [-0.05, 0) is 214 Å². The molecule has 3 N–H and O–H groups in total. The fraction of sp³-hybridized carbons (Fsp3) is 0.701. The molecule has 3 aromatic rings. The number of methoxy groups -OCH3 is 6. The third-order valence-electron chi connectivity index (χ3n) is 17.0. The summed E-state index contributed by atoms with van der Waals surface area (Å²) in [6.07, 6.45) is 22.3. The van der Waals surface area contributed by atoms with Gasteiger partial charge >= 0.3 is 34.5 Å². The second-order valence-electron chi connectivity index (χ2n) is 34.7. The summed E-state index contributed by atoms with van der Waals surface area (Å²) in [4.78, 5) is 95.0. The Morgan fingerprint density at radius 2 is 0.699 bits per heavy atom. The number of carbonyl (C=O) groups is 8. The number of sulfone groups is 1. The van der Waals surface area contributed by atoms with E-state index in [9.17, 15) is 72.0 Å². The van der Waals surface area contributed by atoms with Crippen LogP contribution >= 0.6 is 0 Å². The van der Waals surface area contributed by atoms with Crippen LogP contribution in [-0.2, 0) is 110 Å². The van der Waals surface area contributed by atoms with Crippen molar-refractivity contribution in [1.82, 2.24) is 14.1 Å². The van der Waals surface area contributed by atoms with E-state index in [0.29, 0.717) is 16.9 Å². The van der Waals surface area contributed by atoms with Gasteiger partial charge < -0.3 is 65.5 Å². The van der Waals surface area contributed by atoms with Gasteiger partial charge in [0, 0.05) is 120 Å². The number of benzene rings is 3. The lowest BCUT2D eigenvalue weighted by Crippen LogP contribution is -2.74. The summed E-state index contributed by atoms with van der Waals surface area (Å²) < 4.78 is 121. The normalized spacial score (nSPS) is 15.3. The summed E-state index contributed by atoms with van der Waals surface area (Å²) in [6.45, 7) is 58.8. The molecule has 2 unspecified atom stereocenters. The minimum atomic E-state index is -3.66. The molecule has 0 aliphatic heterocycles. The summed E-state index contributed by atoms with van der Waals surface area (Å²) in [7, 11) is 21.9. The highest BCUT2D eigenvalue weighted by atomic mass is 32.3. The highest BCUT2D eigenvalue weighted by Crippen LogP contribution is 2.44. The predicted molar refractivity (Wildman–Crippen MR) is 613 cm³/mol. The number of carbonyl (C=O) groups excluding carboxylic acids is 8. The van der Waals surface area contributed by atoms with E-state index in [-0.39, 0.29) is 57.0 Å². The Labute approximate surface area is 896 Å². The van der Waals surface area contributed by atoms with Crippen LogP contribution in [0.2, 0.25) is 13.1 Å². The van der Waals surface area contributed by atoms with Crippen LogP contribution in [0.25, 0.3) is 0 Å². The van der Waals surface area contributed by atoms with Crippen molar-refractivity contribution in [3.63, 3.8) is 0 Å². The number of aliphatic imine (C=N–C) groups is 1. The van der Waals surface area contributed by atoms with E-state index in [0.717, 1.165) is 115 Å². The molecule has 39 heteroatoms. The Bertz CT molecular complexity index is 3940. The zero-order chi connectivity index (χ0) is 119. The van der Waals surface area contributed by atoms with Crippen LogP contribution in [0.4, 0.5) is 4.79 Å². The molecular weight excluding hydrogens is 1970 g/mol. The molecule has 1 amide bonds. The van der Waals surface area contributed by atoms with Crippen LogP contribution in [0.15, 0.2) is 88.5 Å². The standard InChI is InChI=1S/C10H10O2.C8H10O2.C8H16.C8H10.C7H14.2C6H12.C4H9NO.C4H9N.C4H8.C4H6.C3H9NO2S.C3H9NSi.C3H9N.2C3H6O3.2C3H6O2.C3H6O.C3H8.C2H7N.C2H6O4S.C2H6O3S.C2H6O2S.C2H6O.CH3/c1-7(11)9-3-5-10(6-4-9)8(2)12;1-6-3-7(9)5-8(4-6)10-2;2*1-7-3-5-8(2)6-4-7;1-6-3-4-7(2)5-6;1-5-3-6(2)4-5;1-4-5(2)6(4)3;1-4(6)5(2)3;1-4(2)5-3;2*1-3-4-2;1-4(2)7(3,5)6;1-4-5(2)3;1-4(2)3;1-5-3(4)6-2;1-3(4)6-5-2;2*1-3(4)5-2;1-3(2)4;2*1-3-2;1-5-7(3,4)6-2;1-5-6(2,3)4;1-5(2,3)4;1-3-2;/h3-6H,1-2H3;3-5,9H,1-2H3;7-8H,3-6H2,1-2H3;3-6H,1-2H3;6-7H,3-5H2,1-2H3;5-6H,3-4H2,1-2H3;4-6H,1-3H3;1-3H3;1-3H3;3-4H,1-2H3;1-2H3;1-3H3;1-3H3;1-3H3;2*1-2H3;2*1-2H3;1-2H3;3H2,1-2H3;3H,1-2H3;1-2H3;1-2H3;1-2H3;1-2H3;1H3/q;;;;;;;;;;;;;;;;;;;;;;;;;-1/p+1/b;;;;;;;;;4-3+;;;;;;;;;;;;;;;;. The third kappa shape index (κ3) is 216. The van der Waals surface area contributed by atoms with Gasteiger partial charge in [0.15, 0.2) is 11.6 Å². The number of ketones is 3. The number of Topliss-reactive ketones (excluding diaryl/α,β-unsaturated/α-hetero) is 3. The van der Waals surface area contributed by atoms with Crippen molar-refractivity contribution in [3.8, 4) is 23.3 Å². The summed E-state index contributed by atoms with van der Waals surface area (Å²) in [6, 6.07) is 20.3. The quantitative estimate of drug-likeness (QED) is 0.0181. The summed E-state index contributed by atoms with van der Waals surface area (Å²) in [5.74, 6) is 14.9. The average Bonchev–Trinajstić information content (AvgIpc) is 1.68. The van der Waals surface area contributed by atoms with Crippen molar-refractivity contribution < 1.29 is 133 Å². The Morgan fingerprint density at radius 3 is 0.781 bits per heavy atom. The van der Waals surface area contributed by atoms with Gasteiger partial charge in [0.2, 0.25) is 15.9 Å². The van der Waals surface area contributed by atoms with Crippen molar-refractivity contribution in [2.45, 2.75) is 271 Å². The molecular formula is C107H216N6O28S4Si. The number of aromatic hydroxyl groups is 1. The Morgan fingerprint density at radius 1 is 0.473 bits per heavy atom. The van der Waals surface area contributed by atoms with Gasteiger partial charge in [-0.2, -0.15) is 21.7 Å². The number of aryl methyl sites for hydroxylation is 3. The summed E-state index contributed by atoms with van der Waals surface area (Å²) in [5, 5.41) is 11.0. The van der Waals surface area contributed by atoms with Gasteiger partial charge in [-0.25, -0.2) is 30.7 Å². The number of quaternary nitrogens is 1. The highest BCUT2D eigenvalue weighted by molar-refractivity contribution is 7.90. The van der Waals surface area contributed by atoms with E-state index in [1.54, 1.807) is 78.9 Å². The first-order valence-corrected chi connectivity index (χ1v) is 57.1. The van der Waals surface area contributed by atoms with E-state index in [1.807, 2.05) is 119 Å². The first kappa shape index (κ1) is 183. The maximum Gasteiger partial charge on any atom is 0.507 e. The molecule has 0 saturated heterocycles. The number of ether oxygens (including phenoxy) is 6. The van der Waals surface area contributed by atoms with E-state index in [4.69, 9.17) is 9.84 Å². The first-order valence-electron chi connectivity index (χ1n) is 47.4. The van der Waals surface area contributed by atoms with Crippen LogP contribution in [0, 0.1) is 93.3 Å². The zero-order valence-electron chi connectivity index (χ0n) is 102. The summed E-state index contributed by atoms with van der Waals surface area (Å²) >= 11 is 0. The van der Waals surface area contributed by atoms with Crippen molar-refractivity contribution >= 4 is 102 Å². The number of sulfonamides is 1. The molecule has 4 fully saturated rings. The second kappa shape index (κ2) is 126. The SMILES string of the molecule is C/C=C/C.CC#CC.CC(=O)N(C)C.CC(=O)c1ccc(C(C)=O)cc1.CC(C)=O.CC1C(C)C1C.CC1CC(C)C1.CC1CCC(C)C1.CC1CCC(C)CC1.CCC.CN(C)C.CN(C)S(C)(=O)=O.CN=C(C)C.CN=[Si](C)C.COC.COC(=O)OC.COC(C)=O.COC(C)=O.COOC(C)=O.COS(=O)(=O)OC.COS(C)(=O)=O.COc1cc(C)cc(O)c1.CS(C)(=O)=O.C[NH2+]C.Cc1ccc(C)cc1.[CH3-]. The van der Waals surface area contributed by atoms with Crippen molar-refractivity contribution in [2.75, 3.05) is 181 Å². The number of allylic oxidation sites excluding steroid dienone is 2. The molecule has 870 valence electrons. The number of nitrogens with zero attached hydrogens (tertiary/aromatic N) is 5. The van der Waals surface area contributed by atoms with Gasteiger partial charge in [0.25, 0.3) is 10.1 Å². The number of hydrogen-bond acceptors (Lipinski definition) is 31. The largest absolute Gasteiger partial charge is 0.508 e. The van der Waals surface area contributed by atoms with Crippen LogP contribution < -0.4 is 10.1 Å². The summed E-state index contributed by atoms with van der Waals surface area (Å²) in [5.41, 5.74) is 6.06. The topological polar surface area (TPSA) is 446 Å². The Hall–Kier alpha value is -8.11. The van der Waals surface area contributed by atoms with Crippen LogP contribution in [0.5, 0.6) is 11.5 Å². The molecule has 3 aromatic carbocycles. The number of phenolic OH excluding ortho intramolecular Hbond substituents is 1. The number of amides is 1. The van der Waals surface area contributed by atoms with Crippen LogP contribution in [0.3, 0.4) is 0 Å². The van der Waals surface area contributed by atoms with Gasteiger partial charge in [-0.3, -0.25) is 46.4 Å². The van der Waals surface area contributed by atoms with Crippen molar-refractivity contribution in [2.24, 2.45) is 62.9 Å². The maximum absolute atomic E-state index is 10.8. The Kier molecular flexibility index (Phi) is 157. The number of hydrogen-bond donors (Lipinski definition) is 2. The number of rotatable bonds is 8. The minimum Gasteiger partial charge on any atom is -0.508 e. The van der Waals surface area contributed by atoms with Crippen molar-refractivity contribution in [1.29, 1.82) is 0 Å². The van der Waals surface area contributed by atoms with E-state index < -0.39 is 52.5 Å². The lowest BCUT2D eigenvalue weighted by molar-refractivity contribution is -0.597. The van der Waals surface area contributed by atoms with E-state index in [1.165, 1.54) is 185 Å². The Balaban J connectivity index is -0.0000000682. The molecule has 34 nitrogen and oxygen atoms in total. The number of phenols is 1. The fourth-order valence-corrected chi connectivity index (χ4v) is 7.96. The van der Waals surface area contributed by atoms with Gasteiger partial charge in [0.05, 0.1) is 90.6 Å². The lowest BCUT2D eigenvalue weighted by atomic mass is 9.78. The molecule has 0 bridgehead atoms. The molecule has 4 aliphatic carbocycles. The maximum atomic E-state index is 10.8. The molecule has 4 saturated carbocycles. The zero-order valence-corrected chi connectivity index (χ0v) is 106. The van der Waals surface area contributed by atoms with Gasteiger partial charge in [0.1, 0.15) is 35.7 Å².